The summed E-state index contributed by atoms with van der Waals surface area (Å²) in [5.41, 5.74) is -0.512. The summed E-state index contributed by atoms with van der Waals surface area (Å²) in [5, 5.41) is 10.0. The number of carbonyl (C=O) groups excluding carboxylic acids is 1. The summed E-state index contributed by atoms with van der Waals surface area (Å²) in [7, 11) is 3.57. The zero-order valence-electron chi connectivity index (χ0n) is 12.5. The summed E-state index contributed by atoms with van der Waals surface area (Å²) >= 11 is 0. The minimum atomic E-state index is -0.547. The van der Waals surface area contributed by atoms with Gasteiger partial charge in [0.1, 0.15) is 5.60 Å². The second-order valence-corrected chi connectivity index (χ2v) is 5.99. The fraction of sp³-hybridized carbons (Fsp3) is 0.923. The minimum absolute atomic E-state index is 0.0670. The highest BCUT2D eigenvalue weighted by atomic mass is 16.6. The van der Waals surface area contributed by atoms with Crippen LogP contribution in [0.25, 0.3) is 0 Å². The lowest BCUT2D eigenvalue weighted by atomic mass is 10.2. The molecule has 0 aromatic carbocycles. The number of hydrogen-bond donors (Lipinski definition) is 1. The molecule has 0 unspecified atom stereocenters. The summed E-state index contributed by atoms with van der Waals surface area (Å²) in [6, 6.07) is -0.0670. The van der Waals surface area contributed by atoms with Gasteiger partial charge in [0.15, 0.2) is 0 Å². The highest BCUT2D eigenvalue weighted by Gasteiger charge is 2.37. The van der Waals surface area contributed by atoms with Crippen molar-refractivity contribution in [3.8, 4) is 0 Å². The van der Waals surface area contributed by atoms with E-state index < -0.39 is 11.7 Å². The van der Waals surface area contributed by atoms with Crippen molar-refractivity contribution in [2.45, 2.75) is 38.5 Å². The second-order valence-electron chi connectivity index (χ2n) is 5.99. The van der Waals surface area contributed by atoms with Gasteiger partial charge in [0.2, 0.25) is 0 Å². The molecule has 112 valence electrons. The van der Waals surface area contributed by atoms with E-state index in [2.05, 4.69) is 0 Å². The molecule has 0 aliphatic carbocycles. The molecule has 1 heterocycles. The number of aliphatic hydroxyl groups is 1. The van der Waals surface area contributed by atoms with E-state index in [1.807, 2.05) is 32.7 Å². The fourth-order valence-corrected chi connectivity index (χ4v) is 2.08. The van der Waals surface area contributed by atoms with Crippen molar-refractivity contribution >= 4 is 6.09 Å². The van der Waals surface area contributed by atoms with Gasteiger partial charge in [-0.1, -0.05) is 0 Å². The first-order valence-corrected chi connectivity index (χ1v) is 6.60. The molecule has 19 heavy (non-hydrogen) atoms. The first-order chi connectivity index (χ1) is 8.74. The number of β-amino-alcohol motifs (C(OH)–C–C–N with tert-alkyl or cyclic N) is 1. The molecule has 1 aliphatic heterocycles. The van der Waals surface area contributed by atoms with Gasteiger partial charge in [-0.2, -0.15) is 0 Å². The molecule has 1 rings (SSSR count). The van der Waals surface area contributed by atoms with Crippen LogP contribution < -0.4 is 0 Å². The Kier molecular flexibility index (Phi) is 5.58. The molecule has 0 aromatic heterocycles. The van der Waals surface area contributed by atoms with Gasteiger partial charge < -0.3 is 19.5 Å². The molecule has 1 N–H and O–H groups in total. The Bertz CT molecular complexity index is 304. The van der Waals surface area contributed by atoms with Gasteiger partial charge in [-0.25, -0.2) is 4.79 Å². The Labute approximate surface area is 115 Å². The SMILES string of the molecule is COCCN(C)[C@H]1CN(C(=O)OC(C)(C)C)C[C@@H]1O. The molecule has 0 radical (unpaired) electrons. The van der Waals surface area contributed by atoms with Gasteiger partial charge in [-0.15, -0.1) is 0 Å². The zero-order valence-corrected chi connectivity index (χ0v) is 12.5. The van der Waals surface area contributed by atoms with Gasteiger partial charge in [0, 0.05) is 20.2 Å². The molecule has 1 aliphatic rings. The van der Waals surface area contributed by atoms with Crippen molar-refractivity contribution < 1.29 is 19.4 Å². The number of nitrogens with zero attached hydrogens (tertiary/aromatic N) is 2. The van der Waals surface area contributed by atoms with Crippen molar-refractivity contribution in [2.24, 2.45) is 0 Å². The Balaban J connectivity index is 2.52. The van der Waals surface area contributed by atoms with Gasteiger partial charge in [-0.3, -0.25) is 4.90 Å². The molecular weight excluding hydrogens is 248 g/mol. The van der Waals surface area contributed by atoms with Crippen LogP contribution in [0.5, 0.6) is 0 Å². The van der Waals surface area contributed by atoms with Crippen LogP contribution >= 0.6 is 0 Å². The maximum Gasteiger partial charge on any atom is 0.410 e. The van der Waals surface area contributed by atoms with Gasteiger partial charge >= 0.3 is 6.09 Å². The van der Waals surface area contributed by atoms with Crippen LogP contribution in [0.15, 0.2) is 0 Å². The number of ether oxygens (including phenoxy) is 2. The van der Waals surface area contributed by atoms with E-state index in [-0.39, 0.29) is 12.1 Å². The largest absolute Gasteiger partial charge is 0.444 e. The molecule has 1 saturated heterocycles. The Morgan fingerprint density at radius 3 is 2.58 bits per heavy atom. The molecule has 0 aromatic rings. The lowest BCUT2D eigenvalue weighted by molar-refractivity contribution is 0.0269. The lowest BCUT2D eigenvalue weighted by Crippen LogP contribution is -2.42. The third kappa shape index (κ3) is 4.97. The summed E-state index contributed by atoms with van der Waals surface area (Å²) in [6.45, 7) is 7.62. The number of amides is 1. The predicted octanol–water partition coefficient (Wildman–Crippen LogP) is 0.545. The highest BCUT2D eigenvalue weighted by Crippen LogP contribution is 2.18. The maximum atomic E-state index is 11.9. The molecule has 6 nitrogen and oxygen atoms in total. The van der Waals surface area contributed by atoms with Crippen LogP contribution in [0.4, 0.5) is 4.79 Å². The van der Waals surface area contributed by atoms with Gasteiger partial charge in [-0.05, 0) is 27.8 Å². The smallest absolute Gasteiger partial charge is 0.410 e. The van der Waals surface area contributed by atoms with Crippen LogP contribution in [-0.2, 0) is 9.47 Å². The monoisotopic (exact) mass is 274 g/mol. The maximum absolute atomic E-state index is 11.9. The first-order valence-electron chi connectivity index (χ1n) is 6.60. The number of hydrogen-bond acceptors (Lipinski definition) is 5. The van der Waals surface area contributed by atoms with Crippen LogP contribution in [0.3, 0.4) is 0 Å². The van der Waals surface area contributed by atoms with Crippen molar-refractivity contribution in [1.82, 2.24) is 9.80 Å². The van der Waals surface area contributed by atoms with Crippen LogP contribution in [-0.4, -0.2) is 79.1 Å². The number of carbonyl (C=O) groups is 1. The predicted molar refractivity (Wildman–Crippen MR) is 72.1 cm³/mol. The average molecular weight is 274 g/mol. The van der Waals surface area contributed by atoms with Crippen LogP contribution in [0.2, 0.25) is 0 Å². The molecule has 6 heteroatoms. The van der Waals surface area contributed by atoms with E-state index >= 15 is 0 Å². The van der Waals surface area contributed by atoms with E-state index in [1.54, 1.807) is 12.0 Å². The Hall–Kier alpha value is -0.850. The Morgan fingerprint density at radius 2 is 2.05 bits per heavy atom. The number of methoxy groups -OCH3 is 1. The number of likely N-dealkylation sites (tertiary alicyclic amines) is 1. The summed E-state index contributed by atoms with van der Waals surface area (Å²) < 4.78 is 10.3. The number of rotatable bonds is 4. The van der Waals surface area contributed by atoms with Gasteiger partial charge in [0.25, 0.3) is 0 Å². The Morgan fingerprint density at radius 1 is 1.42 bits per heavy atom. The molecule has 0 saturated carbocycles. The first kappa shape index (κ1) is 16.2. The third-order valence-corrected chi connectivity index (χ3v) is 3.13. The summed E-state index contributed by atoms with van der Waals surface area (Å²) in [4.78, 5) is 15.5. The van der Waals surface area contributed by atoms with E-state index in [0.29, 0.717) is 19.7 Å². The lowest BCUT2D eigenvalue weighted by Gasteiger charge is -2.26. The van der Waals surface area contributed by atoms with E-state index in [1.165, 1.54) is 0 Å². The second kappa shape index (κ2) is 6.54. The molecule has 0 bridgehead atoms. The topological polar surface area (TPSA) is 62.2 Å². The standard InChI is InChI=1S/C13H26N2O4/c1-13(2,3)19-12(17)15-8-10(11(16)9-15)14(4)6-7-18-5/h10-11,16H,6-9H2,1-5H3/t10-,11-/m0/s1. The molecule has 1 amide bonds. The third-order valence-electron chi connectivity index (χ3n) is 3.13. The molecule has 1 fully saturated rings. The molecular formula is C13H26N2O4. The van der Waals surface area contributed by atoms with E-state index in [4.69, 9.17) is 9.47 Å². The van der Waals surface area contributed by atoms with E-state index in [9.17, 15) is 9.90 Å². The molecule has 0 spiro atoms. The minimum Gasteiger partial charge on any atom is -0.444 e. The van der Waals surface area contributed by atoms with Gasteiger partial charge in [0.05, 0.1) is 25.3 Å². The highest BCUT2D eigenvalue weighted by molar-refractivity contribution is 5.68. The molecule has 2 atom stereocenters. The number of aliphatic hydroxyl groups excluding tert-OH is 1. The van der Waals surface area contributed by atoms with Crippen molar-refractivity contribution in [1.29, 1.82) is 0 Å². The van der Waals surface area contributed by atoms with E-state index in [0.717, 1.165) is 6.54 Å². The van der Waals surface area contributed by atoms with Crippen molar-refractivity contribution in [2.75, 3.05) is 40.4 Å². The fourth-order valence-electron chi connectivity index (χ4n) is 2.08. The van der Waals surface area contributed by atoms with Crippen molar-refractivity contribution in [3.63, 3.8) is 0 Å². The van der Waals surface area contributed by atoms with Crippen molar-refractivity contribution in [3.05, 3.63) is 0 Å². The summed E-state index contributed by atoms with van der Waals surface area (Å²) in [5.74, 6) is 0. The summed E-state index contributed by atoms with van der Waals surface area (Å²) in [6.07, 6.45) is -0.913. The van der Waals surface area contributed by atoms with Crippen LogP contribution in [0.1, 0.15) is 20.8 Å². The zero-order chi connectivity index (χ0) is 14.6. The average Bonchev–Trinajstić information content (AvgIpc) is 2.66. The number of likely N-dealkylation sites (N-methyl/N-ethyl adjacent to an activating group) is 1. The quantitative estimate of drug-likeness (QED) is 0.811. The normalized spacial score (nSPS) is 24.1. The van der Waals surface area contributed by atoms with Crippen LogP contribution in [0, 0.1) is 0 Å².